The van der Waals surface area contributed by atoms with Crippen molar-refractivity contribution in [3.63, 3.8) is 0 Å². The summed E-state index contributed by atoms with van der Waals surface area (Å²) in [7, 11) is 0. The summed E-state index contributed by atoms with van der Waals surface area (Å²) in [5.74, 6) is -1.36. The second-order valence-corrected chi connectivity index (χ2v) is 8.59. The van der Waals surface area contributed by atoms with Crippen molar-refractivity contribution in [1.82, 2.24) is 15.6 Å². The number of aromatic nitrogens is 1. The molecule has 5 rings (SSSR count). The van der Waals surface area contributed by atoms with Crippen LogP contribution in [0.2, 0.25) is 0 Å². The largest absolute Gasteiger partial charge is 0.378 e. The number of ether oxygens (including phenoxy) is 1. The first-order chi connectivity index (χ1) is 15.5. The molecule has 1 atom stereocenters. The van der Waals surface area contributed by atoms with Crippen LogP contribution in [-0.2, 0) is 9.53 Å². The molecule has 1 amide bonds. The summed E-state index contributed by atoms with van der Waals surface area (Å²) in [6, 6.07) is 7.85. The van der Waals surface area contributed by atoms with E-state index in [4.69, 9.17) is 4.74 Å². The van der Waals surface area contributed by atoms with Crippen LogP contribution in [-0.4, -0.2) is 43.2 Å². The van der Waals surface area contributed by atoms with Crippen LogP contribution in [0.15, 0.2) is 36.4 Å². The number of benzene rings is 2. The maximum Gasteiger partial charge on any atom is 0.239 e. The lowest BCUT2D eigenvalue weighted by molar-refractivity contribution is -0.126. The first-order valence-corrected chi connectivity index (χ1v) is 10.8. The second kappa shape index (κ2) is 8.60. The number of rotatable bonds is 5. The van der Waals surface area contributed by atoms with Crippen molar-refractivity contribution in [1.29, 1.82) is 0 Å². The molecule has 32 heavy (non-hydrogen) atoms. The molecule has 0 unspecified atom stereocenters. The van der Waals surface area contributed by atoms with E-state index >= 15 is 0 Å². The molecule has 5 nitrogen and oxygen atoms in total. The van der Waals surface area contributed by atoms with E-state index in [1.807, 2.05) is 0 Å². The molecule has 3 N–H and O–H groups in total. The number of nitrogens with one attached hydrogen (secondary N) is 3. The zero-order valence-corrected chi connectivity index (χ0v) is 17.4. The Kier molecular flexibility index (Phi) is 5.65. The predicted octanol–water partition coefficient (Wildman–Crippen LogP) is 3.85. The van der Waals surface area contributed by atoms with Crippen LogP contribution < -0.4 is 10.6 Å². The van der Waals surface area contributed by atoms with E-state index in [-0.39, 0.29) is 35.1 Å². The van der Waals surface area contributed by atoms with Gasteiger partial charge < -0.3 is 20.4 Å². The molecular formula is C24H24F3N3O2. The Hall–Kier alpha value is -2.84. The minimum absolute atomic E-state index is 0.0728. The lowest BCUT2D eigenvalue weighted by atomic mass is 9.70. The number of hydrogen-bond acceptors (Lipinski definition) is 3. The Morgan fingerprint density at radius 2 is 1.88 bits per heavy atom. The van der Waals surface area contributed by atoms with Crippen molar-refractivity contribution in [2.45, 2.75) is 24.8 Å². The van der Waals surface area contributed by atoms with Gasteiger partial charge in [0, 0.05) is 24.5 Å². The van der Waals surface area contributed by atoms with E-state index in [0.29, 0.717) is 37.4 Å². The number of hydrogen-bond donors (Lipinski definition) is 3. The van der Waals surface area contributed by atoms with E-state index in [0.717, 1.165) is 30.0 Å². The maximum atomic E-state index is 14.5. The molecule has 2 aliphatic rings. The maximum absolute atomic E-state index is 14.5. The van der Waals surface area contributed by atoms with Gasteiger partial charge in [0.25, 0.3) is 0 Å². The summed E-state index contributed by atoms with van der Waals surface area (Å²) in [6.07, 6.45) is 1.57. The average Bonchev–Trinajstić information content (AvgIpc) is 3.13. The molecule has 1 aromatic heterocycles. The molecule has 3 aromatic rings. The third-order valence-electron chi connectivity index (χ3n) is 6.44. The first-order valence-electron chi connectivity index (χ1n) is 10.8. The smallest absolute Gasteiger partial charge is 0.239 e. The van der Waals surface area contributed by atoms with Crippen LogP contribution in [0.4, 0.5) is 13.2 Å². The zero-order chi connectivity index (χ0) is 22.2. The molecule has 0 bridgehead atoms. The third-order valence-corrected chi connectivity index (χ3v) is 6.44. The highest BCUT2D eigenvalue weighted by molar-refractivity contribution is 5.92. The molecule has 2 aromatic carbocycles. The topological polar surface area (TPSA) is 66.2 Å². The van der Waals surface area contributed by atoms with Crippen molar-refractivity contribution in [3.05, 3.63) is 59.4 Å². The Bertz CT molecular complexity index is 1130. The van der Waals surface area contributed by atoms with Gasteiger partial charge in [0.2, 0.25) is 5.91 Å². The number of amides is 1. The standard InChI is InChI=1S/C24H24F3N3O2/c25-16-3-1-14(2-4-16)22-21(18-9-17(26)10-19(27)23(18)30-22)15-7-13(8-15)11-29-24(31)20-12-32-6-5-28-20/h1-4,9-10,13,15,20,28,30H,5-8,11-12H2,(H,29,31)/t13-,15-,20-/m0/s1. The molecule has 1 aliphatic heterocycles. The molecular weight excluding hydrogens is 419 g/mol. The normalized spacial score (nSPS) is 23.2. The van der Waals surface area contributed by atoms with Gasteiger partial charge in [-0.25, -0.2) is 13.2 Å². The van der Waals surface area contributed by atoms with E-state index < -0.39 is 11.6 Å². The van der Waals surface area contributed by atoms with E-state index in [1.165, 1.54) is 18.2 Å². The van der Waals surface area contributed by atoms with Gasteiger partial charge in [-0.2, -0.15) is 0 Å². The molecule has 8 heteroatoms. The average molecular weight is 443 g/mol. The highest BCUT2D eigenvalue weighted by atomic mass is 19.1. The van der Waals surface area contributed by atoms with Crippen molar-refractivity contribution >= 4 is 16.8 Å². The number of H-pyrrole nitrogens is 1. The molecule has 2 heterocycles. The third kappa shape index (κ3) is 4.00. The van der Waals surface area contributed by atoms with Crippen molar-refractivity contribution in [2.75, 3.05) is 26.3 Å². The van der Waals surface area contributed by atoms with Gasteiger partial charge in [0.05, 0.1) is 24.4 Å². The Balaban J connectivity index is 1.35. The molecule has 1 aliphatic carbocycles. The monoisotopic (exact) mass is 443 g/mol. The SMILES string of the molecule is O=C(NC[C@H]1C[C@H](c2c(-c3ccc(F)cc3)[nH]c3c(F)cc(F)cc32)C1)[C@@H]1COCCN1. The van der Waals surface area contributed by atoms with Crippen LogP contribution >= 0.6 is 0 Å². The van der Waals surface area contributed by atoms with Crippen molar-refractivity contribution in [2.24, 2.45) is 5.92 Å². The predicted molar refractivity (Wildman–Crippen MR) is 115 cm³/mol. The van der Waals surface area contributed by atoms with Gasteiger partial charge in [-0.05, 0) is 66.1 Å². The number of carbonyl (C=O) groups excluding carboxylic acids is 1. The molecule has 0 radical (unpaired) electrons. The molecule has 1 saturated heterocycles. The number of halogens is 3. The van der Waals surface area contributed by atoms with Gasteiger partial charge >= 0.3 is 0 Å². The van der Waals surface area contributed by atoms with Crippen LogP contribution in [0.3, 0.4) is 0 Å². The van der Waals surface area contributed by atoms with Gasteiger partial charge in [0.1, 0.15) is 23.5 Å². The minimum Gasteiger partial charge on any atom is -0.378 e. The molecule has 0 spiro atoms. The summed E-state index contributed by atoms with van der Waals surface area (Å²) in [5, 5.41) is 6.62. The lowest BCUT2D eigenvalue weighted by Crippen LogP contribution is -2.52. The second-order valence-electron chi connectivity index (χ2n) is 8.59. The van der Waals surface area contributed by atoms with E-state index in [1.54, 1.807) is 12.1 Å². The van der Waals surface area contributed by atoms with Crippen LogP contribution in [0.25, 0.3) is 22.2 Å². The fourth-order valence-electron chi connectivity index (χ4n) is 4.75. The molecule has 168 valence electrons. The number of fused-ring (bicyclic) bond motifs is 1. The lowest BCUT2D eigenvalue weighted by Gasteiger charge is -2.36. The first kappa shape index (κ1) is 21.0. The summed E-state index contributed by atoms with van der Waals surface area (Å²) in [4.78, 5) is 15.4. The van der Waals surface area contributed by atoms with Gasteiger partial charge in [-0.1, -0.05) is 0 Å². The fraction of sp³-hybridized carbons (Fsp3) is 0.375. The summed E-state index contributed by atoms with van der Waals surface area (Å²) in [5.41, 5.74) is 2.49. The minimum atomic E-state index is -0.653. The summed E-state index contributed by atoms with van der Waals surface area (Å²) in [6.45, 7) is 2.18. The quantitative estimate of drug-likeness (QED) is 0.561. The zero-order valence-electron chi connectivity index (χ0n) is 17.4. The number of carbonyl (C=O) groups is 1. The summed E-state index contributed by atoms with van der Waals surface area (Å²) >= 11 is 0. The Morgan fingerprint density at radius 1 is 1.09 bits per heavy atom. The van der Waals surface area contributed by atoms with Crippen LogP contribution in [0, 0.1) is 23.4 Å². The van der Waals surface area contributed by atoms with E-state index in [9.17, 15) is 18.0 Å². The Morgan fingerprint density at radius 3 is 2.59 bits per heavy atom. The van der Waals surface area contributed by atoms with Gasteiger partial charge in [-0.3, -0.25) is 4.79 Å². The number of aromatic amines is 1. The fourth-order valence-corrected chi connectivity index (χ4v) is 4.75. The van der Waals surface area contributed by atoms with E-state index in [2.05, 4.69) is 15.6 Å². The van der Waals surface area contributed by atoms with Crippen LogP contribution in [0.1, 0.15) is 24.3 Å². The van der Waals surface area contributed by atoms with Crippen molar-refractivity contribution < 1.29 is 22.7 Å². The molecule has 2 fully saturated rings. The van der Waals surface area contributed by atoms with Crippen LogP contribution in [0.5, 0.6) is 0 Å². The highest BCUT2D eigenvalue weighted by Crippen LogP contribution is 2.48. The summed E-state index contributed by atoms with van der Waals surface area (Å²) < 4.78 is 47.3. The van der Waals surface area contributed by atoms with Gasteiger partial charge in [0.15, 0.2) is 0 Å². The van der Waals surface area contributed by atoms with Gasteiger partial charge in [-0.15, -0.1) is 0 Å². The number of morpholine rings is 1. The highest BCUT2D eigenvalue weighted by Gasteiger charge is 2.35. The Labute approximate surface area is 183 Å². The molecule has 1 saturated carbocycles. The van der Waals surface area contributed by atoms with Crippen molar-refractivity contribution in [3.8, 4) is 11.3 Å².